The molecule has 1 heteroatoms. The van der Waals surface area contributed by atoms with Crippen molar-refractivity contribution in [2.75, 3.05) is 0 Å². The molecule has 1 nitrogen and oxygen atoms in total. The minimum atomic E-state index is 0.210. The van der Waals surface area contributed by atoms with Crippen molar-refractivity contribution in [3.8, 4) is 0 Å². The molecule has 0 bridgehead atoms. The Balaban J connectivity index is 1.76. The van der Waals surface area contributed by atoms with Gasteiger partial charge < -0.3 is 4.74 Å². The second-order valence-electron chi connectivity index (χ2n) is 6.26. The maximum absolute atomic E-state index is 5.81. The van der Waals surface area contributed by atoms with E-state index in [2.05, 4.69) is 69.3 Å². The Kier molecular flexibility index (Phi) is 2.94. The summed E-state index contributed by atoms with van der Waals surface area (Å²) in [6.45, 7) is 6.72. The molecule has 2 aromatic carbocycles. The summed E-state index contributed by atoms with van der Waals surface area (Å²) in [7, 11) is 0. The highest BCUT2D eigenvalue weighted by Gasteiger charge is 2.41. The number of benzene rings is 2. The molecule has 0 saturated carbocycles. The summed E-state index contributed by atoms with van der Waals surface area (Å²) in [5.41, 5.74) is 4.13. The molecule has 0 aliphatic carbocycles. The van der Waals surface area contributed by atoms with Crippen LogP contribution in [0.5, 0.6) is 0 Å². The van der Waals surface area contributed by atoms with Crippen LogP contribution in [0.25, 0.3) is 0 Å². The van der Waals surface area contributed by atoms with Gasteiger partial charge in [0.2, 0.25) is 0 Å². The maximum Gasteiger partial charge on any atom is 0.114 e. The summed E-state index contributed by atoms with van der Waals surface area (Å²) in [6, 6.07) is 19.3. The van der Waals surface area contributed by atoms with Gasteiger partial charge in [0, 0.05) is 0 Å². The van der Waals surface area contributed by atoms with Crippen LogP contribution in [-0.4, -0.2) is 0 Å². The van der Waals surface area contributed by atoms with Crippen LogP contribution in [0.3, 0.4) is 0 Å². The fraction of sp³-hybridized carbons (Fsp3) is 0.333. The lowest BCUT2D eigenvalue weighted by atomic mass is 9.86. The largest absolute Gasteiger partial charge is 0.359 e. The van der Waals surface area contributed by atoms with Crippen molar-refractivity contribution in [3.05, 3.63) is 71.3 Å². The smallest absolute Gasteiger partial charge is 0.114 e. The molecule has 1 aliphatic heterocycles. The molecule has 19 heavy (non-hydrogen) atoms. The fourth-order valence-electron chi connectivity index (χ4n) is 2.43. The molecule has 2 atom stereocenters. The second-order valence-corrected chi connectivity index (χ2v) is 6.26. The summed E-state index contributed by atoms with van der Waals surface area (Å²) in [5.74, 6) is 0. The zero-order valence-electron chi connectivity index (χ0n) is 11.8. The van der Waals surface area contributed by atoms with Gasteiger partial charge in [-0.1, -0.05) is 75.4 Å². The Morgan fingerprint density at radius 1 is 0.737 bits per heavy atom. The predicted molar refractivity (Wildman–Crippen MR) is 78.2 cm³/mol. The van der Waals surface area contributed by atoms with E-state index in [1.807, 2.05) is 6.07 Å². The predicted octanol–water partition coefficient (Wildman–Crippen LogP) is 4.80. The first-order chi connectivity index (χ1) is 9.05. The highest BCUT2D eigenvalue weighted by Crippen LogP contribution is 2.50. The van der Waals surface area contributed by atoms with E-state index >= 15 is 0 Å². The average molecular weight is 252 g/mol. The minimum Gasteiger partial charge on any atom is -0.359 e. The van der Waals surface area contributed by atoms with Gasteiger partial charge in [0.1, 0.15) is 12.2 Å². The van der Waals surface area contributed by atoms with E-state index in [4.69, 9.17) is 4.74 Å². The van der Waals surface area contributed by atoms with E-state index in [0.29, 0.717) is 0 Å². The third kappa shape index (κ3) is 2.57. The minimum absolute atomic E-state index is 0.210. The van der Waals surface area contributed by atoms with E-state index in [9.17, 15) is 0 Å². The van der Waals surface area contributed by atoms with Crippen molar-refractivity contribution < 1.29 is 4.74 Å². The molecule has 0 amide bonds. The van der Waals surface area contributed by atoms with Crippen molar-refractivity contribution in [1.82, 2.24) is 0 Å². The summed E-state index contributed by atoms with van der Waals surface area (Å²) in [6.07, 6.45) is 0.470. The number of ether oxygens (including phenoxy) is 1. The summed E-state index contributed by atoms with van der Waals surface area (Å²) >= 11 is 0. The number of epoxide rings is 1. The van der Waals surface area contributed by atoms with E-state index in [1.165, 1.54) is 16.7 Å². The molecule has 0 radical (unpaired) electrons. The van der Waals surface area contributed by atoms with E-state index < -0.39 is 0 Å². The zero-order valence-corrected chi connectivity index (χ0v) is 11.8. The van der Waals surface area contributed by atoms with Crippen LogP contribution in [0.15, 0.2) is 54.6 Å². The van der Waals surface area contributed by atoms with Crippen LogP contribution in [0.4, 0.5) is 0 Å². The van der Waals surface area contributed by atoms with Crippen LogP contribution < -0.4 is 0 Å². The molecule has 1 fully saturated rings. The van der Waals surface area contributed by atoms with Crippen molar-refractivity contribution in [2.45, 2.75) is 38.4 Å². The summed E-state index contributed by atoms with van der Waals surface area (Å²) < 4.78 is 5.81. The Hall–Kier alpha value is -1.60. The quantitative estimate of drug-likeness (QED) is 0.700. The van der Waals surface area contributed by atoms with Gasteiger partial charge >= 0.3 is 0 Å². The van der Waals surface area contributed by atoms with Gasteiger partial charge in [-0.2, -0.15) is 0 Å². The first-order valence-electron chi connectivity index (χ1n) is 6.86. The first-order valence-corrected chi connectivity index (χ1v) is 6.86. The van der Waals surface area contributed by atoms with Gasteiger partial charge in [0.15, 0.2) is 0 Å². The summed E-state index contributed by atoms with van der Waals surface area (Å²) in [4.78, 5) is 0. The fourth-order valence-corrected chi connectivity index (χ4v) is 2.43. The van der Waals surface area contributed by atoms with Gasteiger partial charge in [-0.05, 0) is 22.1 Å². The molecule has 1 aliphatic rings. The van der Waals surface area contributed by atoms with Crippen LogP contribution in [0.1, 0.15) is 49.7 Å². The highest BCUT2D eigenvalue weighted by atomic mass is 16.6. The van der Waals surface area contributed by atoms with Crippen LogP contribution in [0.2, 0.25) is 0 Å². The number of rotatable bonds is 2. The standard InChI is InChI=1S/C18H20O/c1-18(2,3)15-11-9-14(10-12-15)17-16(19-17)13-7-5-4-6-8-13/h4-12,16-17H,1-3H3/t16-,17+/m1/s1. The van der Waals surface area contributed by atoms with Gasteiger partial charge in [0.05, 0.1) is 0 Å². The number of hydrogen-bond acceptors (Lipinski definition) is 1. The molecule has 1 heterocycles. The molecule has 0 N–H and O–H groups in total. The molecule has 3 rings (SSSR count). The molecule has 2 aromatic rings. The third-order valence-corrected chi connectivity index (χ3v) is 3.72. The topological polar surface area (TPSA) is 12.5 Å². The Labute approximate surface area is 115 Å². The van der Waals surface area contributed by atoms with Gasteiger partial charge in [0.25, 0.3) is 0 Å². The molecular formula is C18H20O. The van der Waals surface area contributed by atoms with E-state index in [1.54, 1.807) is 0 Å². The zero-order chi connectivity index (χ0) is 13.5. The van der Waals surface area contributed by atoms with Crippen molar-refractivity contribution in [2.24, 2.45) is 0 Å². The van der Waals surface area contributed by atoms with Crippen molar-refractivity contribution in [3.63, 3.8) is 0 Å². The molecule has 1 saturated heterocycles. The number of hydrogen-bond donors (Lipinski definition) is 0. The average Bonchev–Trinajstić information content (AvgIpc) is 3.19. The third-order valence-electron chi connectivity index (χ3n) is 3.72. The van der Waals surface area contributed by atoms with Gasteiger partial charge in [-0.15, -0.1) is 0 Å². The van der Waals surface area contributed by atoms with Crippen LogP contribution in [0, 0.1) is 0 Å². The molecule has 98 valence electrons. The SMILES string of the molecule is CC(C)(C)c1ccc([C@@H]2O[C@@H]2c2ccccc2)cc1. The van der Waals surface area contributed by atoms with Crippen LogP contribution in [-0.2, 0) is 10.2 Å². The maximum atomic E-state index is 5.81. The normalized spacial score (nSPS) is 22.3. The molecule has 0 aromatic heterocycles. The second kappa shape index (κ2) is 4.50. The van der Waals surface area contributed by atoms with Gasteiger partial charge in [-0.25, -0.2) is 0 Å². The Morgan fingerprint density at radius 3 is 1.79 bits per heavy atom. The first kappa shape index (κ1) is 12.4. The molecule has 0 unspecified atom stereocenters. The lowest BCUT2D eigenvalue weighted by molar-refractivity contribution is 0.377. The van der Waals surface area contributed by atoms with E-state index in [-0.39, 0.29) is 17.6 Å². The summed E-state index contributed by atoms with van der Waals surface area (Å²) in [5, 5.41) is 0. The molecule has 0 spiro atoms. The van der Waals surface area contributed by atoms with Crippen molar-refractivity contribution in [1.29, 1.82) is 0 Å². The highest BCUT2D eigenvalue weighted by molar-refractivity contribution is 5.33. The van der Waals surface area contributed by atoms with Crippen LogP contribution >= 0.6 is 0 Å². The Bertz CT molecular complexity index is 548. The van der Waals surface area contributed by atoms with Crippen molar-refractivity contribution >= 4 is 0 Å². The lowest BCUT2D eigenvalue weighted by Gasteiger charge is -2.18. The van der Waals surface area contributed by atoms with Gasteiger partial charge in [-0.3, -0.25) is 0 Å². The van der Waals surface area contributed by atoms with E-state index in [0.717, 1.165) is 0 Å². The molecular weight excluding hydrogens is 232 g/mol. The Morgan fingerprint density at radius 2 is 1.26 bits per heavy atom. The monoisotopic (exact) mass is 252 g/mol. The lowest BCUT2D eigenvalue weighted by Crippen LogP contribution is -2.10.